The van der Waals surface area contributed by atoms with Crippen molar-refractivity contribution in [2.24, 2.45) is 0 Å². The predicted molar refractivity (Wildman–Crippen MR) is 126 cm³/mol. The molecule has 38 heavy (non-hydrogen) atoms. The van der Waals surface area contributed by atoms with Crippen LogP contribution in [-0.4, -0.2) is 59.7 Å². The standard InChI is InChI=1S/C25H18Cl2F3NO7/c26-15-5-1-13(2-6-15)23(34)36-12-20-19(38-24(35)14-3-7-16(27)8-4-14)10-22(37-20)31-11-17(25(28,29)30)18(32)9-21(31)33/h1-8,11,19-20,22H,9-10,12H2/t19-,20+,22+/m0/s1. The highest BCUT2D eigenvalue weighted by atomic mass is 35.5. The average molecular weight is 572 g/mol. The number of halogens is 5. The van der Waals surface area contributed by atoms with Gasteiger partial charge in [0.05, 0.1) is 17.5 Å². The van der Waals surface area contributed by atoms with Crippen molar-refractivity contribution in [3.05, 3.63) is 81.5 Å². The number of rotatable bonds is 6. The van der Waals surface area contributed by atoms with Crippen LogP contribution in [0.2, 0.25) is 10.0 Å². The maximum atomic E-state index is 13.3. The van der Waals surface area contributed by atoms with Crippen molar-refractivity contribution in [2.75, 3.05) is 6.61 Å². The molecule has 2 aliphatic rings. The second-order valence-electron chi connectivity index (χ2n) is 8.36. The summed E-state index contributed by atoms with van der Waals surface area (Å²) in [6.07, 6.45) is -9.42. The van der Waals surface area contributed by atoms with Crippen LogP contribution >= 0.6 is 23.2 Å². The zero-order valence-electron chi connectivity index (χ0n) is 19.2. The van der Waals surface area contributed by atoms with Gasteiger partial charge in [-0.05, 0) is 48.5 Å². The minimum Gasteiger partial charge on any atom is -0.459 e. The van der Waals surface area contributed by atoms with Crippen molar-refractivity contribution in [3.8, 4) is 0 Å². The third-order valence-corrected chi connectivity index (χ3v) is 6.27. The molecule has 0 unspecified atom stereocenters. The van der Waals surface area contributed by atoms with Gasteiger partial charge in [0, 0.05) is 22.7 Å². The van der Waals surface area contributed by atoms with Crippen molar-refractivity contribution < 1.29 is 46.6 Å². The molecule has 4 rings (SSSR count). The highest BCUT2D eigenvalue weighted by Crippen LogP contribution is 2.34. The number of hydrogen-bond acceptors (Lipinski definition) is 7. The van der Waals surface area contributed by atoms with E-state index in [4.69, 9.17) is 37.4 Å². The zero-order valence-corrected chi connectivity index (χ0v) is 20.8. The lowest BCUT2D eigenvalue weighted by Crippen LogP contribution is -2.43. The van der Waals surface area contributed by atoms with E-state index in [2.05, 4.69) is 0 Å². The number of carbonyl (C=O) groups excluding carboxylic acids is 4. The molecule has 2 aromatic rings. The molecule has 3 atom stereocenters. The number of carbonyl (C=O) groups is 4. The lowest BCUT2D eigenvalue weighted by Gasteiger charge is -2.29. The van der Waals surface area contributed by atoms with Crippen molar-refractivity contribution in [1.82, 2.24) is 4.90 Å². The van der Waals surface area contributed by atoms with Gasteiger partial charge in [-0.3, -0.25) is 14.5 Å². The summed E-state index contributed by atoms with van der Waals surface area (Å²) in [5.74, 6) is -3.84. The monoisotopic (exact) mass is 571 g/mol. The topological polar surface area (TPSA) is 99.2 Å². The van der Waals surface area contributed by atoms with Crippen LogP contribution in [0, 0.1) is 0 Å². The molecule has 0 saturated carbocycles. The first-order chi connectivity index (χ1) is 17.9. The number of esters is 2. The molecule has 2 aliphatic heterocycles. The van der Waals surface area contributed by atoms with Crippen LogP contribution in [0.3, 0.4) is 0 Å². The lowest BCUT2D eigenvalue weighted by molar-refractivity contribution is -0.149. The van der Waals surface area contributed by atoms with Crippen molar-refractivity contribution >= 4 is 46.8 Å². The number of ketones is 1. The Hall–Kier alpha value is -3.41. The third-order valence-electron chi connectivity index (χ3n) is 5.76. The molecular weight excluding hydrogens is 554 g/mol. The Labute approximate surface area is 223 Å². The fourth-order valence-corrected chi connectivity index (χ4v) is 4.10. The van der Waals surface area contributed by atoms with Crippen LogP contribution in [0.15, 0.2) is 60.3 Å². The Morgan fingerprint density at radius 3 is 2.05 bits per heavy atom. The summed E-state index contributed by atoms with van der Waals surface area (Å²) in [5.41, 5.74) is -1.21. The van der Waals surface area contributed by atoms with Gasteiger partial charge < -0.3 is 14.2 Å². The quantitative estimate of drug-likeness (QED) is 0.365. The highest BCUT2D eigenvalue weighted by Gasteiger charge is 2.48. The van der Waals surface area contributed by atoms with Gasteiger partial charge in [-0.25, -0.2) is 9.59 Å². The van der Waals surface area contributed by atoms with Gasteiger partial charge >= 0.3 is 18.1 Å². The molecule has 1 amide bonds. The van der Waals surface area contributed by atoms with Gasteiger partial charge in [0.2, 0.25) is 5.91 Å². The van der Waals surface area contributed by atoms with Gasteiger partial charge in [0.1, 0.15) is 30.6 Å². The number of alkyl halides is 3. The molecule has 0 bridgehead atoms. The Bertz CT molecular complexity index is 1280. The average Bonchev–Trinajstić information content (AvgIpc) is 3.24. The summed E-state index contributed by atoms with van der Waals surface area (Å²) in [4.78, 5) is 50.0. The fraction of sp³-hybridized carbons (Fsp3) is 0.280. The van der Waals surface area contributed by atoms with E-state index in [-0.39, 0.29) is 17.5 Å². The van der Waals surface area contributed by atoms with Crippen molar-refractivity contribution in [1.29, 1.82) is 0 Å². The van der Waals surface area contributed by atoms with Gasteiger partial charge in [0.25, 0.3) is 0 Å². The van der Waals surface area contributed by atoms with E-state index in [1.165, 1.54) is 48.5 Å². The summed E-state index contributed by atoms with van der Waals surface area (Å²) in [6, 6.07) is 11.5. The molecule has 0 aromatic heterocycles. The Balaban J connectivity index is 1.54. The van der Waals surface area contributed by atoms with E-state index < -0.39 is 66.8 Å². The van der Waals surface area contributed by atoms with Crippen LogP contribution < -0.4 is 0 Å². The molecule has 0 spiro atoms. The zero-order chi connectivity index (χ0) is 27.6. The first-order valence-corrected chi connectivity index (χ1v) is 11.9. The van der Waals surface area contributed by atoms with E-state index in [9.17, 15) is 32.3 Å². The molecule has 1 saturated heterocycles. The normalized spacial score (nSPS) is 21.8. The third kappa shape index (κ3) is 6.35. The van der Waals surface area contributed by atoms with E-state index >= 15 is 0 Å². The molecule has 13 heteroatoms. The van der Waals surface area contributed by atoms with Crippen LogP contribution in [0.25, 0.3) is 0 Å². The number of Topliss-reactive ketones (excluding diaryl/α,β-unsaturated/α-hetero) is 1. The van der Waals surface area contributed by atoms with Gasteiger partial charge in [0.15, 0.2) is 5.78 Å². The van der Waals surface area contributed by atoms with Crippen molar-refractivity contribution in [2.45, 2.75) is 37.5 Å². The highest BCUT2D eigenvalue weighted by molar-refractivity contribution is 6.31. The minimum absolute atomic E-state index is 0.133. The number of nitrogens with zero attached hydrogens (tertiary/aromatic N) is 1. The second kappa shape index (κ2) is 11.1. The molecular formula is C25H18Cl2F3NO7. The number of ether oxygens (including phenoxy) is 3. The van der Waals surface area contributed by atoms with Gasteiger partial charge in [-0.2, -0.15) is 13.2 Å². The van der Waals surface area contributed by atoms with E-state index in [1.54, 1.807) is 0 Å². The van der Waals surface area contributed by atoms with Crippen LogP contribution in [0.4, 0.5) is 13.2 Å². The molecule has 1 fully saturated rings. The molecule has 2 heterocycles. The summed E-state index contributed by atoms with van der Waals surface area (Å²) in [7, 11) is 0. The Morgan fingerprint density at radius 1 is 0.947 bits per heavy atom. The number of benzene rings is 2. The van der Waals surface area contributed by atoms with Gasteiger partial charge in [-0.1, -0.05) is 23.2 Å². The smallest absolute Gasteiger partial charge is 0.421 e. The maximum Gasteiger partial charge on any atom is 0.421 e. The van der Waals surface area contributed by atoms with E-state index in [0.29, 0.717) is 21.1 Å². The van der Waals surface area contributed by atoms with Crippen LogP contribution in [0.5, 0.6) is 0 Å². The first-order valence-electron chi connectivity index (χ1n) is 11.1. The Morgan fingerprint density at radius 2 is 1.50 bits per heavy atom. The second-order valence-corrected chi connectivity index (χ2v) is 9.24. The number of allylic oxidation sites excluding steroid dienone is 1. The van der Waals surface area contributed by atoms with E-state index in [0.717, 1.165) is 0 Å². The maximum absolute atomic E-state index is 13.3. The summed E-state index contributed by atoms with van der Waals surface area (Å²) in [6.45, 7) is -0.451. The van der Waals surface area contributed by atoms with Gasteiger partial charge in [-0.15, -0.1) is 0 Å². The molecule has 2 aromatic carbocycles. The molecule has 8 nitrogen and oxygen atoms in total. The summed E-state index contributed by atoms with van der Waals surface area (Å²) in [5, 5.41) is 0.775. The molecule has 0 radical (unpaired) electrons. The number of amides is 1. The molecule has 0 N–H and O–H groups in total. The first kappa shape index (κ1) is 27.6. The molecule has 0 aliphatic carbocycles. The van der Waals surface area contributed by atoms with Crippen LogP contribution in [-0.2, 0) is 23.8 Å². The predicted octanol–water partition coefficient (Wildman–Crippen LogP) is 4.74. The SMILES string of the molecule is O=C1CC(=O)N([C@H]2C[C@H](OC(=O)c3ccc(Cl)cc3)[C@@H](COC(=O)c3ccc(Cl)cc3)O2)C=C1C(F)(F)F. The number of hydrogen-bond donors (Lipinski definition) is 0. The van der Waals surface area contributed by atoms with Crippen LogP contribution in [0.1, 0.15) is 33.6 Å². The lowest BCUT2D eigenvalue weighted by atomic mass is 10.0. The Kier molecular flexibility index (Phi) is 8.10. The minimum atomic E-state index is -4.98. The largest absolute Gasteiger partial charge is 0.459 e. The summed E-state index contributed by atoms with van der Waals surface area (Å²) < 4.78 is 56.4. The van der Waals surface area contributed by atoms with E-state index in [1.807, 2.05) is 0 Å². The fourth-order valence-electron chi connectivity index (χ4n) is 3.85. The summed E-state index contributed by atoms with van der Waals surface area (Å²) >= 11 is 11.7. The molecule has 200 valence electrons. The van der Waals surface area contributed by atoms with Crippen molar-refractivity contribution in [3.63, 3.8) is 0 Å².